The van der Waals surface area contributed by atoms with Crippen molar-refractivity contribution < 1.29 is 14.7 Å². The van der Waals surface area contributed by atoms with E-state index in [1.807, 2.05) is 23.6 Å². The quantitative estimate of drug-likeness (QED) is 0.830. The van der Waals surface area contributed by atoms with Crippen LogP contribution in [0.2, 0.25) is 0 Å². The van der Waals surface area contributed by atoms with Gasteiger partial charge in [0.05, 0.1) is 11.8 Å². The number of rotatable bonds is 2. The number of carboxylic acid groups (broad SMARTS) is 1. The van der Waals surface area contributed by atoms with Gasteiger partial charge in [0.25, 0.3) is 0 Å². The zero-order chi connectivity index (χ0) is 13.3. The van der Waals surface area contributed by atoms with Crippen LogP contribution in [-0.4, -0.2) is 46.0 Å². The summed E-state index contributed by atoms with van der Waals surface area (Å²) in [5.41, 5.74) is 0. The first-order valence-electron chi connectivity index (χ1n) is 6.62. The highest BCUT2D eigenvalue weighted by Crippen LogP contribution is 2.38. The fraction of sp³-hybridized carbons (Fsp3) is 0.846. The predicted molar refractivity (Wildman–Crippen MR) is 71.5 cm³/mol. The minimum absolute atomic E-state index is 0.0684. The minimum Gasteiger partial charge on any atom is -0.481 e. The van der Waals surface area contributed by atoms with Crippen LogP contribution in [0.1, 0.15) is 26.7 Å². The number of carbonyl (C=O) groups excluding carboxylic acids is 1. The molecule has 0 spiro atoms. The van der Waals surface area contributed by atoms with E-state index in [-0.39, 0.29) is 11.8 Å². The van der Waals surface area contributed by atoms with Gasteiger partial charge in [0.2, 0.25) is 5.91 Å². The fourth-order valence-electron chi connectivity index (χ4n) is 3.09. The lowest BCUT2D eigenvalue weighted by molar-refractivity contribution is -0.149. The summed E-state index contributed by atoms with van der Waals surface area (Å²) in [5.74, 6) is -0.203. The summed E-state index contributed by atoms with van der Waals surface area (Å²) in [4.78, 5) is 25.6. The third-order valence-electron chi connectivity index (χ3n) is 3.99. The van der Waals surface area contributed by atoms with Crippen molar-refractivity contribution in [3.63, 3.8) is 0 Å². The van der Waals surface area contributed by atoms with Gasteiger partial charge in [-0.25, -0.2) is 0 Å². The Bertz CT molecular complexity index is 347. The molecule has 1 N–H and O–H groups in total. The highest BCUT2D eigenvalue weighted by molar-refractivity contribution is 7.99. The van der Waals surface area contributed by atoms with Gasteiger partial charge in [-0.1, -0.05) is 13.8 Å². The largest absolute Gasteiger partial charge is 0.481 e. The van der Waals surface area contributed by atoms with Crippen LogP contribution in [0, 0.1) is 17.8 Å². The Labute approximate surface area is 112 Å². The van der Waals surface area contributed by atoms with Crippen LogP contribution in [0.5, 0.6) is 0 Å². The summed E-state index contributed by atoms with van der Waals surface area (Å²) in [6.45, 7) is 5.69. The number of hydrogen-bond acceptors (Lipinski definition) is 3. The Hall–Kier alpha value is -0.710. The maximum atomic E-state index is 12.5. The minimum atomic E-state index is -0.808. The molecule has 4 nitrogen and oxygen atoms in total. The van der Waals surface area contributed by atoms with Crippen LogP contribution < -0.4 is 0 Å². The Morgan fingerprint density at radius 3 is 2.50 bits per heavy atom. The summed E-state index contributed by atoms with van der Waals surface area (Å²) in [7, 11) is 0. The molecule has 1 aliphatic heterocycles. The number of carboxylic acids is 1. The van der Waals surface area contributed by atoms with Crippen molar-refractivity contribution in [3.05, 3.63) is 0 Å². The van der Waals surface area contributed by atoms with Gasteiger partial charge < -0.3 is 10.0 Å². The standard InChI is InChI=1S/C13H21NO3S/c1-8-5-10(11(6-8)13(16)17)12(15)14-3-4-18-9(2)7-14/h8-11H,3-7H2,1-2H3,(H,16,17)/t8?,9?,10-,11+/m0/s1. The first-order chi connectivity index (χ1) is 8.49. The van der Waals surface area contributed by atoms with Gasteiger partial charge in [0.15, 0.2) is 0 Å². The number of carbonyl (C=O) groups is 2. The average molecular weight is 271 g/mol. The van der Waals surface area contributed by atoms with E-state index in [2.05, 4.69) is 6.92 Å². The van der Waals surface area contributed by atoms with Gasteiger partial charge in [-0.2, -0.15) is 11.8 Å². The average Bonchev–Trinajstić information content (AvgIpc) is 2.70. The second kappa shape index (κ2) is 5.51. The number of nitrogens with zero attached hydrogens (tertiary/aromatic N) is 1. The Morgan fingerprint density at radius 2 is 1.89 bits per heavy atom. The third-order valence-corrected chi connectivity index (χ3v) is 5.12. The summed E-state index contributed by atoms with van der Waals surface area (Å²) in [6.07, 6.45) is 1.37. The zero-order valence-electron chi connectivity index (χ0n) is 11.0. The van der Waals surface area contributed by atoms with E-state index < -0.39 is 11.9 Å². The topological polar surface area (TPSA) is 57.6 Å². The van der Waals surface area contributed by atoms with Crippen molar-refractivity contribution in [2.75, 3.05) is 18.8 Å². The molecule has 102 valence electrons. The smallest absolute Gasteiger partial charge is 0.307 e. The molecule has 0 aromatic heterocycles. The van der Waals surface area contributed by atoms with Crippen LogP contribution in [0.15, 0.2) is 0 Å². The molecule has 0 bridgehead atoms. The van der Waals surface area contributed by atoms with Crippen molar-refractivity contribution in [3.8, 4) is 0 Å². The van der Waals surface area contributed by atoms with E-state index in [4.69, 9.17) is 0 Å². The van der Waals surface area contributed by atoms with Crippen molar-refractivity contribution >= 4 is 23.6 Å². The summed E-state index contributed by atoms with van der Waals surface area (Å²) in [5, 5.41) is 9.69. The first kappa shape index (κ1) is 13.7. The number of thioether (sulfide) groups is 1. The molecule has 0 aromatic carbocycles. The molecule has 1 heterocycles. The van der Waals surface area contributed by atoms with Gasteiger partial charge in [0.1, 0.15) is 0 Å². The molecule has 5 heteroatoms. The van der Waals surface area contributed by atoms with Gasteiger partial charge in [-0.15, -0.1) is 0 Å². The van der Waals surface area contributed by atoms with Crippen LogP contribution >= 0.6 is 11.8 Å². The van der Waals surface area contributed by atoms with Crippen LogP contribution in [-0.2, 0) is 9.59 Å². The molecular formula is C13H21NO3S. The molecule has 1 saturated carbocycles. The second-order valence-electron chi connectivity index (χ2n) is 5.59. The Morgan fingerprint density at radius 1 is 1.22 bits per heavy atom. The molecular weight excluding hydrogens is 250 g/mol. The summed E-state index contributed by atoms with van der Waals surface area (Å²) < 4.78 is 0. The van der Waals surface area contributed by atoms with Crippen molar-refractivity contribution in [2.24, 2.45) is 17.8 Å². The van der Waals surface area contributed by atoms with Crippen molar-refractivity contribution in [1.29, 1.82) is 0 Å². The molecule has 0 radical (unpaired) electrons. The molecule has 2 unspecified atom stereocenters. The molecule has 2 rings (SSSR count). The summed E-state index contributed by atoms with van der Waals surface area (Å²) >= 11 is 1.88. The molecule has 1 saturated heterocycles. The molecule has 1 aliphatic carbocycles. The van der Waals surface area contributed by atoms with Crippen molar-refractivity contribution in [2.45, 2.75) is 31.9 Å². The molecule has 18 heavy (non-hydrogen) atoms. The maximum Gasteiger partial charge on any atom is 0.307 e. The summed E-state index contributed by atoms with van der Waals surface area (Å²) in [6, 6.07) is 0. The van der Waals surface area contributed by atoms with Crippen LogP contribution in [0.4, 0.5) is 0 Å². The number of amides is 1. The molecule has 0 aromatic rings. The van der Waals surface area contributed by atoms with E-state index in [9.17, 15) is 14.7 Å². The zero-order valence-corrected chi connectivity index (χ0v) is 11.8. The fourth-order valence-corrected chi connectivity index (χ4v) is 4.10. The highest BCUT2D eigenvalue weighted by atomic mass is 32.2. The monoisotopic (exact) mass is 271 g/mol. The predicted octanol–water partition coefficient (Wildman–Crippen LogP) is 1.70. The van der Waals surface area contributed by atoms with Gasteiger partial charge in [-0.05, 0) is 18.8 Å². The van der Waals surface area contributed by atoms with E-state index >= 15 is 0 Å². The van der Waals surface area contributed by atoms with E-state index in [1.165, 1.54) is 0 Å². The van der Waals surface area contributed by atoms with E-state index in [0.717, 1.165) is 25.3 Å². The molecule has 2 fully saturated rings. The lowest BCUT2D eigenvalue weighted by Gasteiger charge is -2.33. The Balaban J connectivity index is 2.05. The normalized spacial score (nSPS) is 36.7. The number of aliphatic carboxylic acids is 1. The SMILES string of the molecule is CC1C[C@H](C(=O)N2CCSC(C)C2)[C@H](C(=O)O)C1. The van der Waals surface area contributed by atoms with Crippen molar-refractivity contribution in [1.82, 2.24) is 4.90 Å². The van der Waals surface area contributed by atoms with Gasteiger partial charge in [0, 0.05) is 24.1 Å². The lowest BCUT2D eigenvalue weighted by Crippen LogP contribution is -2.45. The Kier molecular flexibility index (Phi) is 4.20. The first-order valence-corrected chi connectivity index (χ1v) is 7.67. The van der Waals surface area contributed by atoms with E-state index in [1.54, 1.807) is 0 Å². The second-order valence-corrected chi connectivity index (χ2v) is 7.14. The van der Waals surface area contributed by atoms with Gasteiger partial charge >= 0.3 is 5.97 Å². The molecule has 2 aliphatic rings. The lowest BCUT2D eigenvalue weighted by atomic mass is 9.94. The van der Waals surface area contributed by atoms with Crippen LogP contribution in [0.25, 0.3) is 0 Å². The maximum absolute atomic E-state index is 12.5. The number of hydrogen-bond donors (Lipinski definition) is 1. The molecule has 4 atom stereocenters. The highest BCUT2D eigenvalue weighted by Gasteiger charge is 2.43. The van der Waals surface area contributed by atoms with Gasteiger partial charge in [-0.3, -0.25) is 9.59 Å². The van der Waals surface area contributed by atoms with E-state index in [0.29, 0.717) is 17.6 Å². The molecule has 1 amide bonds. The van der Waals surface area contributed by atoms with Crippen LogP contribution in [0.3, 0.4) is 0 Å². The third kappa shape index (κ3) is 2.82.